The normalized spacial score (nSPS) is 10.1. The highest BCUT2D eigenvalue weighted by atomic mass is 16.6. The predicted octanol–water partition coefficient (Wildman–Crippen LogP) is 1.94. The molecule has 110 valence electrons. The molecule has 8 nitrogen and oxygen atoms in total. The number of nitrogens with zero attached hydrogens (tertiary/aromatic N) is 2. The first-order chi connectivity index (χ1) is 10.1. The zero-order valence-corrected chi connectivity index (χ0v) is 11.3. The van der Waals surface area contributed by atoms with Crippen molar-refractivity contribution in [3.05, 3.63) is 51.9 Å². The lowest BCUT2D eigenvalue weighted by Gasteiger charge is -2.07. The van der Waals surface area contributed by atoms with E-state index in [-0.39, 0.29) is 17.8 Å². The summed E-state index contributed by atoms with van der Waals surface area (Å²) in [7, 11) is 0. The average molecular weight is 290 g/mol. The molecule has 2 rings (SSSR count). The maximum absolute atomic E-state index is 12.0. The molecule has 2 N–H and O–H groups in total. The minimum Gasteiger partial charge on any atom is -0.380 e. The molecule has 0 bridgehead atoms. The number of benzene rings is 1. The number of carbonyl (C=O) groups is 1. The van der Waals surface area contributed by atoms with Crippen molar-refractivity contribution >= 4 is 17.3 Å². The van der Waals surface area contributed by atoms with Crippen molar-refractivity contribution in [2.45, 2.75) is 13.5 Å². The Morgan fingerprint density at radius 1 is 1.43 bits per heavy atom. The largest absolute Gasteiger partial charge is 0.380 e. The molecule has 0 spiro atoms. The Bertz CT molecular complexity index is 640. The topological polar surface area (TPSA) is 110 Å². The lowest BCUT2D eigenvalue weighted by molar-refractivity contribution is -0.384. The van der Waals surface area contributed by atoms with Crippen LogP contribution in [-0.4, -0.2) is 22.5 Å². The van der Waals surface area contributed by atoms with Gasteiger partial charge in [-0.15, -0.1) is 0 Å². The molecule has 0 unspecified atom stereocenters. The SMILES string of the molecule is CCNc1ccc(C(=O)NCc2ccno2)cc1[N+](=O)[O-]. The predicted molar refractivity (Wildman–Crippen MR) is 74.9 cm³/mol. The van der Waals surface area contributed by atoms with E-state index in [4.69, 9.17) is 4.52 Å². The fraction of sp³-hybridized carbons (Fsp3) is 0.231. The molecule has 0 atom stereocenters. The minimum absolute atomic E-state index is 0.135. The quantitative estimate of drug-likeness (QED) is 0.621. The van der Waals surface area contributed by atoms with E-state index >= 15 is 0 Å². The van der Waals surface area contributed by atoms with Gasteiger partial charge < -0.3 is 15.2 Å². The number of nitro groups is 1. The summed E-state index contributed by atoms with van der Waals surface area (Å²) in [5, 5.41) is 20.0. The van der Waals surface area contributed by atoms with Gasteiger partial charge in [0.1, 0.15) is 5.69 Å². The number of amides is 1. The molecular weight excluding hydrogens is 276 g/mol. The van der Waals surface area contributed by atoms with E-state index in [0.717, 1.165) is 0 Å². The molecule has 0 saturated heterocycles. The number of aromatic nitrogens is 1. The third kappa shape index (κ3) is 3.56. The summed E-state index contributed by atoms with van der Waals surface area (Å²) >= 11 is 0. The van der Waals surface area contributed by atoms with Gasteiger partial charge in [0, 0.05) is 24.2 Å². The highest BCUT2D eigenvalue weighted by molar-refractivity contribution is 5.95. The molecule has 0 aliphatic carbocycles. The number of carbonyl (C=O) groups excluding carboxylic acids is 1. The molecule has 0 fully saturated rings. The van der Waals surface area contributed by atoms with Crippen LogP contribution in [-0.2, 0) is 6.54 Å². The lowest BCUT2D eigenvalue weighted by atomic mass is 10.1. The summed E-state index contributed by atoms with van der Waals surface area (Å²) in [5.74, 6) is 0.0830. The fourth-order valence-corrected chi connectivity index (χ4v) is 1.77. The summed E-state index contributed by atoms with van der Waals surface area (Å²) < 4.78 is 4.85. The van der Waals surface area contributed by atoms with Crippen molar-refractivity contribution < 1.29 is 14.2 Å². The van der Waals surface area contributed by atoms with E-state index in [0.29, 0.717) is 18.0 Å². The molecule has 8 heteroatoms. The molecule has 1 aromatic carbocycles. The van der Waals surface area contributed by atoms with Crippen molar-refractivity contribution in [1.82, 2.24) is 10.5 Å². The highest BCUT2D eigenvalue weighted by Gasteiger charge is 2.17. The molecule has 21 heavy (non-hydrogen) atoms. The van der Waals surface area contributed by atoms with Gasteiger partial charge in [0.2, 0.25) is 0 Å². The number of anilines is 1. The van der Waals surface area contributed by atoms with Crippen molar-refractivity contribution in [3.8, 4) is 0 Å². The van der Waals surface area contributed by atoms with E-state index in [1.807, 2.05) is 6.92 Å². The van der Waals surface area contributed by atoms with Crippen LogP contribution in [0.3, 0.4) is 0 Å². The first-order valence-corrected chi connectivity index (χ1v) is 6.32. The molecule has 0 saturated carbocycles. The van der Waals surface area contributed by atoms with Gasteiger partial charge in [-0.1, -0.05) is 5.16 Å². The van der Waals surface area contributed by atoms with Gasteiger partial charge in [-0.05, 0) is 19.1 Å². The highest BCUT2D eigenvalue weighted by Crippen LogP contribution is 2.25. The summed E-state index contributed by atoms with van der Waals surface area (Å²) in [4.78, 5) is 22.5. The van der Waals surface area contributed by atoms with Gasteiger partial charge in [-0.3, -0.25) is 14.9 Å². The zero-order chi connectivity index (χ0) is 15.2. The monoisotopic (exact) mass is 290 g/mol. The first kappa shape index (κ1) is 14.5. The first-order valence-electron chi connectivity index (χ1n) is 6.32. The van der Waals surface area contributed by atoms with Crippen LogP contribution >= 0.6 is 0 Å². The van der Waals surface area contributed by atoms with Crippen molar-refractivity contribution in [2.24, 2.45) is 0 Å². The van der Waals surface area contributed by atoms with Gasteiger partial charge >= 0.3 is 0 Å². The van der Waals surface area contributed by atoms with Crippen molar-refractivity contribution in [1.29, 1.82) is 0 Å². The maximum atomic E-state index is 12.0. The number of hydrogen-bond donors (Lipinski definition) is 2. The van der Waals surface area contributed by atoms with Gasteiger partial charge in [-0.25, -0.2) is 0 Å². The number of nitrogens with one attached hydrogen (secondary N) is 2. The summed E-state index contributed by atoms with van der Waals surface area (Å²) in [6.07, 6.45) is 1.47. The van der Waals surface area contributed by atoms with Crippen LogP contribution in [0.1, 0.15) is 23.0 Å². The summed E-state index contributed by atoms with van der Waals surface area (Å²) in [6.45, 7) is 2.56. The van der Waals surface area contributed by atoms with E-state index in [9.17, 15) is 14.9 Å². The van der Waals surface area contributed by atoms with Crippen LogP contribution in [0.25, 0.3) is 0 Å². The van der Waals surface area contributed by atoms with Gasteiger partial charge in [0.15, 0.2) is 5.76 Å². The van der Waals surface area contributed by atoms with Crippen LogP contribution in [0.15, 0.2) is 35.0 Å². The van der Waals surface area contributed by atoms with Gasteiger partial charge in [-0.2, -0.15) is 0 Å². The molecule has 0 aliphatic rings. The Morgan fingerprint density at radius 3 is 2.86 bits per heavy atom. The second-order valence-electron chi connectivity index (χ2n) is 4.18. The Morgan fingerprint density at radius 2 is 2.24 bits per heavy atom. The average Bonchev–Trinajstić information content (AvgIpc) is 2.98. The second kappa shape index (κ2) is 6.51. The number of nitro benzene ring substituents is 1. The third-order valence-corrected chi connectivity index (χ3v) is 2.74. The van der Waals surface area contributed by atoms with Crippen LogP contribution in [0.5, 0.6) is 0 Å². The molecule has 1 heterocycles. The van der Waals surface area contributed by atoms with E-state index in [1.165, 1.54) is 24.4 Å². The molecule has 1 aromatic heterocycles. The molecule has 2 aromatic rings. The van der Waals surface area contributed by atoms with E-state index in [1.54, 1.807) is 6.07 Å². The van der Waals surface area contributed by atoms with Crippen LogP contribution in [0.2, 0.25) is 0 Å². The lowest BCUT2D eigenvalue weighted by Crippen LogP contribution is -2.22. The standard InChI is InChI=1S/C13H14N4O4/c1-2-14-11-4-3-9(7-12(11)17(19)20)13(18)15-8-10-5-6-16-21-10/h3-7,14H,2,8H2,1H3,(H,15,18). The third-order valence-electron chi connectivity index (χ3n) is 2.74. The minimum atomic E-state index is -0.523. The Hall–Kier alpha value is -2.90. The second-order valence-corrected chi connectivity index (χ2v) is 4.18. The molecular formula is C13H14N4O4. The van der Waals surface area contributed by atoms with E-state index < -0.39 is 10.8 Å². The maximum Gasteiger partial charge on any atom is 0.293 e. The van der Waals surface area contributed by atoms with Gasteiger partial charge in [0.25, 0.3) is 11.6 Å². The van der Waals surface area contributed by atoms with Crippen LogP contribution in [0.4, 0.5) is 11.4 Å². The molecule has 1 amide bonds. The van der Waals surface area contributed by atoms with Crippen LogP contribution in [0, 0.1) is 10.1 Å². The van der Waals surface area contributed by atoms with E-state index in [2.05, 4.69) is 15.8 Å². The van der Waals surface area contributed by atoms with Crippen molar-refractivity contribution in [2.75, 3.05) is 11.9 Å². The fourth-order valence-electron chi connectivity index (χ4n) is 1.77. The van der Waals surface area contributed by atoms with Crippen LogP contribution < -0.4 is 10.6 Å². The molecule has 0 radical (unpaired) electrons. The number of hydrogen-bond acceptors (Lipinski definition) is 6. The number of rotatable bonds is 6. The zero-order valence-electron chi connectivity index (χ0n) is 11.3. The Labute approximate surface area is 120 Å². The summed E-state index contributed by atoms with van der Waals surface area (Å²) in [6, 6.07) is 5.91. The smallest absolute Gasteiger partial charge is 0.293 e. The Balaban J connectivity index is 2.13. The molecule has 0 aliphatic heterocycles. The Kier molecular flexibility index (Phi) is 4.50. The van der Waals surface area contributed by atoms with Gasteiger partial charge in [0.05, 0.1) is 17.7 Å². The summed E-state index contributed by atoms with van der Waals surface area (Å²) in [5.41, 5.74) is 0.460. The van der Waals surface area contributed by atoms with Crippen molar-refractivity contribution in [3.63, 3.8) is 0 Å².